The first-order valence-corrected chi connectivity index (χ1v) is 5.96. The summed E-state index contributed by atoms with van der Waals surface area (Å²) in [6.07, 6.45) is 0. The fraction of sp³-hybridized carbons (Fsp3) is 0.545. The zero-order valence-electron chi connectivity index (χ0n) is 10.2. The lowest BCUT2D eigenvalue weighted by molar-refractivity contribution is 0.701. The summed E-state index contributed by atoms with van der Waals surface area (Å²) < 4.78 is 0. The zero-order chi connectivity index (χ0) is 11.3. The highest BCUT2D eigenvalue weighted by Crippen LogP contribution is 2.14. The van der Waals surface area contributed by atoms with Crippen molar-refractivity contribution in [2.75, 3.05) is 7.05 Å². The van der Waals surface area contributed by atoms with Crippen molar-refractivity contribution in [2.24, 2.45) is 4.99 Å². The molecule has 0 spiro atoms. The second kappa shape index (κ2) is 7.89. The molecule has 0 fully saturated rings. The van der Waals surface area contributed by atoms with Crippen molar-refractivity contribution in [1.29, 1.82) is 0 Å². The molecule has 16 heavy (non-hydrogen) atoms. The highest BCUT2D eigenvalue weighted by atomic mass is 127. The quantitative estimate of drug-likeness (QED) is 0.498. The van der Waals surface area contributed by atoms with Crippen molar-refractivity contribution in [3.05, 3.63) is 21.9 Å². The molecule has 5 heteroatoms. The van der Waals surface area contributed by atoms with Gasteiger partial charge in [-0.15, -0.1) is 35.3 Å². The SMILES string of the molecule is CN=C(NCc1ccc(C)s1)NC(C)C.I. The highest BCUT2D eigenvalue weighted by molar-refractivity contribution is 14.0. The molecule has 1 heterocycles. The standard InChI is InChI=1S/C11H19N3S.HI/c1-8(2)14-11(12-4)13-7-10-6-5-9(3)15-10;/h5-6,8H,7H2,1-4H3,(H2,12,13,14);1H. The lowest BCUT2D eigenvalue weighted by Crippen LogP contribution is -2.40. The predicted molar refractivity (Wildman–Crippen MR) is 82.9 cm³/mol. The number of rotatable bonds is 3. The van der Waals surface area contributed by atoms with Crippen LogP contribution in [0.2, 0.25) is 0 Å². The van der Waals surface area contributed by atoms with E-state index in [1.54, 1.807) is 7.05 Å². The number of hydrogen-bond donors (Lipinski definition) is 2. The molecule has 0 aliphatic heterocycles. The second-order valence-corrected chi connectivity index (χ2v) is 5.11. The molecule has 0 aliphatic carbocycles. The number of thiophene rings is 1. The first kappa shape index (κ1) is 15.7. The average Bonchev–Trinajstić information content (AvgIpc) is 2.58. The largest absolute Gasteiger partial charge is 0.354 e. The summed E-state index contributed by atoms with van der Waals surface area (Å²) in [4.78, 5) is 6.83. The van der Waals surface area contributed by atoms with Gasteiger partial charge in [-0.05, 0) is 32.9 Å². The van der Waals surface area contributed by atoms with Crippen molar-refractivity contribution in [1.82, 2.24) is 10.6 Å². The van der Waals surface area contributed by atoms with Crippen molar-refractivity contribution >= 4 is 41.3 Å². The lowest BCUT2D eigenvalue weighted by Gasteiger charge is -2.13. The smallest absolute Gasteiger partial charge is 0.191 e. The van der Waals surface area contributed by atoms with Gasteiger partial charge in [-0.1, -0.05) is 0 Å². The van der Waals surface area contributed by atoms with Crippen LogP contribution in [0.3, 0.4) is 0 Å². The molecule has 1 aromatic rings. The van der Waals surface area contributed by atoms with Crippen LogP contribution in [0.4, 0.5) is 0 Å². The number of aryl methyl sites for hydroxylation is 1. The van der Waals surface area contributed by atoms with Gasteiger partial charge in [-0.25, -0.2) is 0 Å². The van der Waals surface area contributed by atoms with Crippen LogP contribution in [0, 0.1) is 6.92 Å². The molecule has 0 saturated heterocycles. The Hall–Kier alpha value is -0.300. The molecule has 3 nitrogen and oxygen atoms in total. The molecular weight excluding hydrogens is 333 g/mol. The average molecular weight is 353 g/mol. The van der Waals surface area contributed by atoms with E-state index < -0.39 is 0 Å². The fourth-order valence-electron chi connectivity index (χ4n) is 1.22. The first-order valence-electron chi connectivity index (χ1n) is 5.14. The van der Waals surface area contributed by atoms with Crippen molar-refractivity contribution in [3.63, 3.8) is 0 Å². The Morgan fingerprint density at radius 1 is 1.44 bits per heavy atom. The van der Waals surface area contributed by atoms with Gasteiger partial charge in [0.15, 0.2) is 5.96 Å². The van der Waals surface area contributed by atoms with Gasteiger partial charge in [0.25, 0.3) is 0 Å². The molecule has 0 aliphatic rings. The van der Waals surface area contributed by atoms with Gasteiger partial charge in [0.1, 0.15) is 0 Å². The molecule has 0 amide bonds. The van der Waals surface area contributed by atoms with Gasteiger partial charge < -0.3 is 10.6 Å². The van der Waals surface area contributed by atoms with E-state index in [1.165, 1.54) is 9.75 Å². The van der Waals surface area contributed by atoms with E-state index in [2.05, 4.69) is 48.5 Å². The molecule has 0 saturated carbocycles. The van der Waals surface area contributed by atoms with Gasteiger partial charge in [-0.2, -0.15) is 0 Å². The Balaban J connectivity index is 0.00000225. The minimum Gasteiger partial charge on any atom is -0.354 e. The summed E-state index contributed by atoms with van der Waals surface area (Å²) in [6, 6.07) is 4.69. The van der Waals surface area contributed by atoms with Gasteiger partial charge in [0, 0.05) is 22.8 Å². The maximum absolute atomic E-state index is 4.15. The Morgan fingerprint density at radius 3 is 2.56 bits per heavy atom. The van der Waals surface area contributed by atoms with Crippen LogP contribution < -0.4 is 10.6 Å². The third-order valence-electron chi connectivity index (χ3n) is 1.88. The molecule has 92 valence electrons. The van der Waals surface area contributed by atoms with Crippen LogP contribution in [-0.2, 0) is 6.54 Å². The van der Waals surface area contributed by atoms with E-state index in [0.717, 1.165) is 12.5 Å². The molecule has 0 bridgehead atoms. The number of guanidine groups is 1. The normalized spacial score (nSPS) is 11.2. The maximum Gasteiger partial charge on any atom is 0.191 e. The molecular formula is C11H20IN3S. The van der Waals surface area contributed by atoms with Crippen molar-refractivity contribution in [3.8, 4) is 0 Å². The van der Waals surface area contributed by atoms with Crippen LogP contribution >= 0.6 is 35.3 Å². The number of halogens is 1. The lowest BCUT2D eigenvalue weighted by atomic mass is 10.4. The van der Waals surface area contributed by atoms with E-state index in [9.17, 15) is 0 Å². The Labute approximate surface area is 119 Å². The molecule has 1 rings (SSSR count). The third-order valence-corrected chi connectivity index (χ3v) is 2.88. The van der Waals surface area contributed by atoms with Crippen LogP contribution in [0.1, 0.15) is 23.6 Å². The molecule has 0 unspecified atom stereocenters. The molecule has 0 radical (unpaired) electrons. The van der Waals surface area contributed by atoms with Crippen LogP contribution in [0.15, 0.2) is 17.1 Å². The summed E-state index contributed by atoms with van der Waals surface area (Å²) in [5, 5.41) is 6.53. The van der Waals surface area contributed by atoms with Gasteiger partial charge in [0.05, 0.1) is 6.54 Å². The Morgan fingerprint density at radius 2 is 2.12 bits per heavy atom. The number of nitrogens with zero attached hydrogens (tertiary/aromatic N) is 1. The maximum atomic E-state index is 4.15. The summed E-state index contributed by atoms with van der Waals surface area (Å²) in [5.41, 5.74) is 0. The third kappa shape index (κ3) is 5.69. The molecule has 0 aromatic carbocycles. The summed E-state index contributed by atoms with van der Waals surface area (Å²) in [7, 11) is 1.79. The highest BCUT2D eigenvalue weighted by Gasteiger charge is 2.01. The van der Waals surface area contributed by atoms with Crippen LogP contribution in [0.5, 0.6) is 0 Å². The van der Waals surface area contributed by atoms with E-state index in [1.807, 2.05) is 11.3 Å². The Kier molecular flexibility index (Phi) is 7.74. The predicted octanol–water partition coefficient (Wildman–Crippen LogP) is 2.75. The zero-order valence-corrected chi connectivity index (χ0v) is 13.3. The molecule has 1 aromatic heterocycles. The van der Waals surface area contributed by atoms with E-state index >= 15 is 0 Å². The first-order chi connectivity index (χ1) is 7.11. The minimum absolute atomic E-state index is 0. The van der Waals surface area contributed by atoms with E-state index in [0.29, 0.717) is 6.04 Å². The van der Waals surface area contributed by atoms with Crippen molar-refractivity contribution < 1.29 is 0 Å². The van der Waals surface area contributed by atoms with Crippen LogP contribution in [0.25, 0.3) is 0 Å². The van der Waals surface area contributed by atoms with E-state index in [4.69, 9.17) is 0 Å². The molecule has 2 N–H and O–H groups in total. The number of aliphatic imine (C=N–C) groups is 1. The summed E-state index contributed by atoms with van der Waals surface area (Å²) in [5.74, 6) is 0.857. The van der Waals surface area contributed by atoms with Gasteiger partial charge in [-0.3, -0.25) is 4.99 Å². The van der Waals surface area contributed by atoms with Crippen LogP contribution in [-0.4, -0.2) is 19.0 Å². The number of hydrogen-bond acceptors (Lipinski definition) is 2. The Bertz CT molecular complexity index is 334. The second-order valence-electron chi connectivity index (χ2n) is 3.74. The fourth-order valence-corrected chi connectivity index (χ4v) is 2.05. The minimum atomic E-state index is 0. The topological polar surface area (TPSA) is 36.4 Å². The van der Waals surface area contributed by atoms with Gasteiger partial charge >= 0.3 is 0 Å². The number of nitrogens with one attached hydrogen (secondary N) is 2. The monoisotopic (exact) mass is 353 g/mol. The van der Waals surface area contributed by atoms with E-state index in [-0.39, 0.29) is 24.0 Å². The summed E-state index contributed by atoms with van der Waals surface area (Å²) in [6.45, 7) is 7.16. The van der Waals surface area contributed by atoms with Gasteiger partial charge in [0.2, 0.25) is 0 Å². The van der Waals surface area contributed by atoms with Crippen molar-refractivity contribution in [2.45, 2.75) is 33.4 Å². The molecule has 0 atom stereocenters. The summed E-state index contributed by atoms with van der Waals surface area (Å²) >= 11 is 1.81.